The molecule has 1 aliphatic carbocycles. The molecule has 1 amide bonds. The van der Waals surface area contributed by atoms with Crippen LogP contribution in [0.2, 0.25) is 0 Å². The molecule has 38 heavy (non-hydrogen) atoms. The van der Waals surface area contributed by atoms with Crippen LogP contribution in [0, 0.1) is 0 Å². The number of nitrogens with one attached hydrogen (secondary N) is 3. The number of rotatable bonds is 8. The predicted molar refractivity (Wildman–Crippen MR) is 144 cm³/mol. The molecule has 1 fully saturated rings. The number of aromatic amines is 1. The zero-order valence-corrected chi connectivity index (χ0v) is 21.1. The minimum Gasteiger partial charge on any atom is -0.484 e. The minimum absolute atomic E-state index is 0.00996. The number of hydrogen-bond acceptors (Lipinski definition) is 7. The largest absolute Gasteiger partial charge is 0.484 e. The second-order valence-corrected chi connectivity index (χ2v) is 9.68. The lowest BCUT2D eigenvalue weighted by molar-refractivity contribution is -0.123. The average molecular weight is 511 g/mol. The zero-order chi connectivity index (χ0) is 25.7. The fourth-order valence-electron chi connectivity index (χ4n) is 4.97. The molecule has 0 bridgehead atoms. The standard InChI is InChI=1S/C29H30N6O3/c36-27(32-22-5-1-2-6-22)18-38-24-7-3-4-20(14-24)28-34-26-12-13-37-17-25(26)29(35-28)33-23-10-8-19(9-11-23)21-15-30-31-16-21/h3-4,7-11,14-16,22H,1-2,5-6,12-13,17-18H2,(H,30,31)(H,32,36)(H,33,34,35). The summed E-state index contributed by atoms with van der Waals surface area (Å²) in [6.07, 6.45) is 8.83. The lowest BCUT2D eigenvalue weighted by Gasteiger charge is -2.20. The summed E-state index contributed by atoms with van der Waals surface area (Å²) in [5.41, 5.74) is 5.79. The molecule has 3 N–H and O–H groups in total. The Morgan fingerprint density at radius 1 is 1.05 bits per heavy atom. The summed E-state index contributed by atoms with van der Waals surface area (Å²) in [7, 11) is 0. The van der Waals surface area contributed by atoms with Gasteiger partial charge in [-0.2, -0.15) is 5.10 Å². The lowest BCUT2D eigenvalue weighted by atomic mass is 10.1. The molecular formula is C29H30N6O3. The molecule has 0 saturated heterocycles. The number of anilines is 2. The van der Waals surface area contributed by atoms with Crippen molar-refractivity contribution in [3.63, 3.8) is 0 Å². The van der Waals surface area contributed by atoms with Crippen LogP contribution in [0.1, 0.15) is 36.9 Å². The Labute approximate surface area is 221 Å². The first-order valence-electron chi connectivity index (χ1n) is 13.1. The Morgan fingerprint density at radius 2 is 1.92 bits per heavy atom. The zero-order valence-electron chi connectivity index (χ0n) is 21.1. The molecule has 2 aliphatic rings. The highest BCUT2D eigenvalue weighted by molar-refractivity contribution is 5.78. The van der Waals surface area contributed by atoms with Crippen LogP contribution in [0.25, 0.3) is 22.5 Å². The van der Waals surface area contributed by atoms with Crippen LogP contribution >= 0.6 is 0 Å². The number of carbonyl (C=O) groups is 1. The molecule has 6 rings (SSSR count). The molecule has 194 valence electrons. The molecule has 4 aromatic rings. The van der Waals surface area contributed by atoms with Gasteiger partial charge in [0.25, 0.3) is 5.91 Å². The summed E-state index contributed by atoms with van der Waals surface area (Å²) in [5.74, 6) is 1.85. The second kappa shape index (κ2) is 11.0. The first-order chi connectivity index (χ1) is 18.7. The van der Waals surface area contributed by atoms with Gasteiger partial charge in [0.05, 0.1) is 25.1 Å². The fraction of sp³-hybridized carbons (Fsp3) is 0.310. The van der Waals surface area contributed by atoms with Crippen LogP contribution in [0.15, 0.2) is 60.9 Å². The van der Waals surface area contributed by atoms with Gasteiger partial charge in [-0.25, -0.2) is 9.97 Å². The molecule has 0 radical (unpaired) electrons. The molecule has 9 nitrogen and oxygen atoms in total. The monoisotopic (exact) mass is 510 g/mol. The number of H-pyrrole nitrogens is 1. The van der Waals surface area contributed by atoms with Gasteiger partial charge in [0.1, 0.15) is 11.6 Å². The Hall–Kier alpha value is -4.24. The van der Waals surface area contributed by atoms with E-state index in [1.54, 1.807) is 6.20 Å². The molecule has 2 aromatic carbocycles. The smallest absolute Gasteiger partial charge is 0.258 e. The van der Waals surface area contributed by atoms with Crippen LogP contribution < -0.4 is 15.4 Å². The SMILES string of the molecule is O=C(COc1cccc(-c2nc3c(c(Nc4ccc(-c5cn[nH]c5)cc4)n2)COCC3)c1)NC1CCCC1. The van der Waals surface area contributed by atoms with E-state index in [1.165, 1.54) is 12.8 Å². The Balaban J connectivity index is 1.21. The number of nitrogens with zero attached hydrogens (tertiary/aromatic N) is 3. The first-order valence-corrected chi connectivity index (χ1v) is 13.1. The maximum absolute atomic E-state index is 12.3. The third-order valence-corrected chi connectivity index (χ3v) is 6.98. The van der Waals surface area contributed by atoms with Gasteiger partial charge >= 0.3 is 0 Å². The third kappa shape index (κ3) is 5.52. The van der Waals surface area contributed by atoms with E-state index in [4.69, 9.17) is 19.4 Å². The number of carbonyl (C=O) groups excluding carboxylic acids is 1. The maximum atomic E-state index is 12.3. The normalized spacial score (nSPS) is 15.2. The first kappa shape index (κ1) is 24.1. The molecule has 0 unspecified atom stereocenters. The van der Waals surface area contributed by atoms with Crippen LogP contribution in [0.5, 0.6) is 5.75 Å². The van der Waals surface area contributed by atoms with E-state index in [0.717, 1.165) is 58.7 Å². The van der Waals surface area contributed by atoms with Crippen molar-refractivity contribution in [2.75, 3.05) is 18.5 Å². The van der Waals surface area contributed by atoms with Crippen molar-refractivity contribution in [2.45, 2.75) is 44.8 Å². The van der Waals surface area contributed by atoms with Crippen molar-refractivity contribution in [1.29, 1.82) is 0 Å². The molecule has 9 heteroatoms. The van der Waals surface area contributed by atoms with Crippen molar-refractivity contribution in [3.05, 3.63) is 72.2 Å². The summed E-state index contributed by atoms with van der Waals surface area (Å²) >= 11 is 0. The van der Waals surface area contributed by atoms with Gasteiger partial charge in [-0.1, -0.05) is 37.1 Å². The molecule has 0 spiro atoms. The number of ether oxygens (including phenoxy) is 2. The van der Waals surface area contributed by atoms with Gasteiger partial charge < -0.3 is 20.1 Å². The molecule has 2 aromatic heterocycles. The van der Waals surface area contributed by atoms with Crippen LogP contribution in [-0.4, -0.2) is 45.3 Å². The van der Waals surface area contributed by atoms with Crippen LogP contribution in [0.4, 0.5) is 11.5 Å². The summed E-state index contributed by atoms with van der Waals surface area (Å²) in [6.45, 7) is 1.08. The summed E-state index contributed by atoms with van der Waals surface area (Å²) < 4.78 is 11.5. The topological polar surface area (TPSA) is 114 Å². The number of amides is 1. The van der Waals surface area contributed by atoms with Crippen molar-refractivity contribution in [2.24, 2.45) is 0 Å². The molecular weight excluding hydrogens is 480 g/mol. The second-order valence-electron chi connectivity index (χ2n) is 9.68. The van der Waals surface area contributed by atoms with Crippen molar-refractivity contribution >= 4 is 17.4 Å². The van der Waals surface area contributed by atoms with Gasteiger partial charge in [0, 0.05) is 41.0 Å². The average Bonchev–Trinajstić information content (AvgIpc) is 3.68. The van der Waals surface area contributed by atoms with Crippen LogP contribution in [-0.2, 0) is 22.6 Å². The summed E-state index contributed by atoms with van der Waals surface area (Å²) in [4.78, 5) is 22.0. The summed E-state index contributed by atoms with van der Waals surface area (Å²) in [6, 6.07) is 16.0. The minimum atomic E-state index is -0.0855. The van der Waals surface area contributed by atoms with Gasteiger partial charge in [-0.15, -0.1) is 0 Å². The van der Waals surface area contributed by atoms with Gasteiger partial charge in [-0.3, -0.25) is 9.89 Å². The van der Waals surface area contributed by atoms with E-state index in [0.29, 0.717) is 24.8 Å². The number of aromatic nitrogens is 4. The fourth-order valence-corrected chi connectivity index (χ4v) is 4.97. The number of hydrogen-bond donors (Lipinski definition) is 3. The van der Waals surface area contributed by atoms with E-state index in [2.05, 4.69) is 20.8 Å². The Kier molecular flexibility index (Phi) is 6.99. The van der Waals surface area contributed by atoms with Gasteiger partial charge in [0.2, 0.25) is 0 Å². The van der Waals surface area contributed by atoms with Crippen molar-refractivity contribution in [3.8, 4) is 28.3 Å². The predicted octanol–water partition coefficient (Wildman–Crippen LogP) is 4.79. The Bertz CT molecular complexity index is 1400. The van der Waals surface area contributed by atoms with E-state index < -0.39 is 0 Å². The molecule has 0 atom stereocenters. The molecule has 1 saturated carbocycles. The molecule has 3 heterocycles. The van der Waals surface area contributed by atoms with Crippen molar-refractivity contribution < 1.29 is 14.3 Å². The maximum Gasteiger partial charge on any atom is 0.258 e. The lowest BCUT2D eigenvalue weighted by Crippen LogP contribution is -2.36. The highest BCUT2D eigenvalue weighted by atomic mass is 16.5. The summed E-state index contributed by atoms with van der Waals surface area (Å²) in [5, 5.41) is 13.4. The van der Waals surface area contributed by atoms with Gasteiger partial charge in [0.15, 0.2) is 12.4 Å². The van der Waals surface area contributed by atoms with E-state index in [9.17, 15) is 4.79 Å². The van der Waals surface area contributed by atoms with E-state index in [-0.39, 0.29) is 18.6 Å². The highest BCUT2D eigenvalue weighted by Crippen LogP contribution is 2.30. The quantitative estimate of drug-likeness (QED) is 0.312. The molecule has 1 aliphatic heterocycles. The van der Waals surface area contributed by atoms with E-state index in [1.807, 2.05) is 54.7 Å². The van der Waals surface area contributed by atoms with Crippen molar-refractivity contribution in [1.82, 2.24) is 25.5 Å². The number of benzene rings is 2. The van der Waals surface area contributed by atoms with Crippen LogP contribution in [0.3, 0.4) is 0 Å². The highest BCUT2D eigenvalue weighted by Gasteiger charge is 2.20. The van der Waals surface area contributed by atoms with E-state index >= 15 is 0 Å². The Morgan fingerprint density at radius 3 is 2.74 bits per heavy atom. The third-order valence-electron chi connectivity index (χ3n) is 6.98. The van der Waals surface area contributed by atoms with Gasteiger partial charge in [-0.05, 0) is 42.7 Å². The number of fused-ring (bicyclic) bond motifs is 1.